The number of fused-ring (bicyclic) bond motifs is 1. The number of anilines is 1. The van der Waals surface area contributed by atoms with Crippen LogP contribution in [0.25, 0.3) is 0 Å². The Morgan fingerprint density at radius 2 is 2.27 bits per heavy atom. The second-order valence-electron chi connectivity index (χ2n) is 6.71. The van der Waals surface area contributed by atoms with Crippen molar-refractivity contribution in [3.63, 3.8) is 0 Å². The number of nitrogens with one attached hydrogen (secondary N) is 2. The highest BCUT2D eigenvalue weighted by Crippen LogP contribution is 2.34. The van der Waals surface area contributed by atoms with E-state index in [1.54, 1.807) is 17.4 Å². The molecule has 1 aliphatic rings. The van der Waals surface area contributed by atoms with Crippen LogP contribution in [0.4, 0.5) is 5.13 Å². The molecule has 0 saturated heterocycles. The topological polar surface area (TPSA) is 71.1 Å². The van der Waals surface area contributed by atoms with Gasteiger partial charge in [0, 0.05) is 28.8 Å². The molecule has 7 heteroatoms. The second kappa shape index (κ2) is 9.28. The Balaban J connectivity index is 1.39. The normalized spacial score (nSPS) is 16.1. The first-order valence-corrected chi connectivity index (χ1v) is 11.0. The number of nitrogens with zero attached hydrogens (tertiary/aromatic N) is 1. The summed E-state index contributed by atoms with van der Waals surface area (Å²) in [7, 11) is 0. The summed E-state index contributed by atoms with van der Waals surface area (Å²) in [5.41, 5.74) is 1.84. The highest BCUT2D eigenvalue weighted by atomic mass is 32.1. The van der Waals surface area contributed by atoms with Crippen molar-refractivity contribution in [2.24, 2.45) is 5.92 Å². The van der Waals surface area contributed by atoms with E-state index in [1.165, 1.54) is 41.2 Å². The maximum absolute atomic E-state index is 12.1. The average Bonchev–Trinajstić information content (AvgIpc) is 3.27. The van der Waals surface area contributed by atoms with Crippen LogP contribution in [-0.2, 0) is 17.6 Å². The number of aryl methyl sites for hydroxylation is 1. The largest absolute Gasteiger partial charge is 0.352 e. The van der Waals surface area contributed by atoms with Crippen molar-refractivity contribution in [1.82, 2.24) is 10.3 Å². The Bertz CT molecular complexity index is 740. The summed E-state index contributed by atoms with van der Waals surface area (Å²) in [6.45, 7) is 2.73. The Morgan fingerprint density at radius 3 is 3.04 bits per heavy atom. The van der Waals surface area contributed by atoms with Gasteiger partial charge in [0.15, 0.2) is 5.13 Å². The van der Waals surface area contributed by atoms with Gasteiger partial charge in [-0.25, -0.2) is 4.98 Å². The summed E-state index contributed by atoms with van der Waals surface area (Å²) in [6, 6.07) is 1.79. The maximum Gasteiger partial charge on any atom is 0.252 e. The minimum absolute atomic E-state index is 0.0361. The number of aromatic nitrogens is 1. The van der Waals surface area contributed by atoms with E-state index >= 15 is 0 Å². The van der Waals surface area contributed by atoms with E-state index in [4.69, 9.17) is 0 Å². The number of thiazole rings is 1. The molecule has 1 aliphatic carbocycles. The molecule has 2 aromatic heterocycles. The standard InChI is InChI=1S/C19H25N3O2S2/c1-2-4-13-6-7-15-16(11-13)26-19(21-15)22-17(23)5-3-9-20-18(24)14-8-10-25-12-14/h8,10,12-13H,2-7,9,11H2,1H3,(H,20,24)(H,21,22,23). The zero-order chi connectivity index (χ0) is 18.4. The number of amides is 2. The lowest BCUT2D eigenvalue weighted by atomic mass is 9.88. The molecule has 2 N–H and O–H groups in total. The first kappa shape index (κ1) is 19.0. The van der Waals surface area contributed by atoms with Gasteiger partial charge in [0.2, 0.25) is 5.91 Å². The number of carbonyl (C=O) groups is 2. The monoisotopic (exact) mass is 391 g/mol. The molecule has 2 heterocycles. The summed E-state index contributed by atoms with van der Waals surface area (Å²) in [4.78, 5) is 29.9. The minimum Gasteiger partial charge on any atom is -0.352 e. The molecule has 0 aromatic carbocycles. The SMILES string of the molecule is CCCC1CCc2nc(NC(=O)CCCNC(=O)c3ccsc3)sc2C1. The van der Waals surface area contributed by atoms with Crippen LogP contribution in [0.5, 0.6) is 0 Å². The predicted molar refractivity (Wildman–Crippen MR) is 107 cm³/mol. The minimum atomic E-state index is -0.0825. The third kappa shape index (κ3) is 5.14. The number of hydrogen-bond donors (Lipinski definition) is 2. The molecule has 0 aliphatic heterocycles. The van der Waals surface area contributed by atoms with Gasteiger partial charge in [-0.1, -0.05) is 19.8 Å². The number of carbonyl (C=O) groups excluding carboxylic acids is 2. The quantitative estimate of drug-likeness (QED) is 0.661. The summed E-state index contributed by atoms with van der Waals surface area (Å²) in [6.07, 6.45) is 6.84. The van der Waals surface area contributed by atoms with E-state index in [9.17, 15) is 9.59 Å². The van der Waals surface area contributed by atoms with Crippen molar-refractivity contribution in [1.29, 1.82) is 0 Å². The Kier molecular flexibility index (Phi) is 6.80. The van der Waals surface area contributed by atoms with E-state index in [1.807, 2.05) is 10.8 Å². The van der Waals surface area contributed by atoms with Crippen molar-refractivity contribution in [2.75, 3.05) is 11.9 Å². The van der Waals surface area contributed by atoms with Gasteiger partial charge in [-0.3, -0.25) is 9.59 Å². The van der Waals surface area contributed by atoms with Crippen molar-refractivity contribution in [2.45, 2.75) is 51.9 Å². The Morgan fingerprint density at radius 1 is 1.38 bits per heavy atom. The fourth-order valence-corrected chi connectivity index (χ4v) is 5.05. The lowest BCUT2D eigenvalue weighted by molar-refractivity contribution is -0.116. The van der Waals surface area contributed by atoms with Crippen molar-refractivity contribution < 1.29 is 9.59 Å². The van der Waals surface area contributed by atoms with Crippen molar-refractivity contribution in [3.8, 4) is 0 Å². The van der Waals surface area contributed by atoms with Crippen molar-refractivity contribution in [3.05, 3.63) is 33.0 Å². The van der Waals surface area contributed by atoms with Gasteiger partial charge in [0.05, 0.1) is 5.69 Å². The summed E-state index contributed by atoms with van der Waals surface area (Å²) in [5.74, 6) is 0.648. The molecule has 5 nitrogen and oxygen atoms in total. The average molecular weight is 392 g/mol. The molecule has 140 valence electrons. The van der Waals surface area contributed by atoms with Crippen LogP contribution in [0.15, 0.2) is 16.8 Å². The fraction of sp³-hybridized carbons (Fsp3) is 0.526. The van der Waals surface area contributed by atoms with Gasteiger partial charge < -0.3 is 10.6 Å². The number of thiophene rings is 1. The molecule has 0 fully saturated rings. The molecule has 0 bridgehead atoms. The zero-order valence-electron chi connectivity index (χ0n) is 15.0. The lowest BCUT2D eigenvalue weighted by Crippen LogP contribution is -2.25. The molecule has 3 rings (SSSR count). The van der Waals surface area contributed by atoms with E-state index in [0.717, 1.165) is 23.9 Å². The highest BCUT2D eigenvalue weighted by molar-refractivity contribution is 7.15. The Hall–Kier alpha value is -1.73. The second-order valence-corrected chi connectivity index (χ2v) is 8.57. The van der Waals surface area contributed by atoms with E-state index in [-0.39, 0.29) is 11.8 Å². The van der Waals surface area contributed by atoms with Gasteiger partial charge in [0.1, 0.15) is 0 Å². The fourth-order valence-electron chi connectivity index (χ4n) is 3.28. The third-order valence-corrected chi connectivity index (χ3v) is 6.35. The van der Waals surface area contributed by atoms with Crippen LogP contribution in [0.2, 0.25) is 0 Å². The molecule has 0 spiro atoms. The van der Waals surface area contributed by atoms with Gasteiger partial charge in [-0.05, 0) is 43.0 Å². The molecule has 0 saturated carbocycles. The molecule has 0 radical (unpaired) electrons. The molecular formula is C19H25N3O2S2. The van der Waals surface area contributed by atoms with Gasteiger partial charge in [-0.15, -0.1) is 11.3 Å². The summed E-state index contributed by atoms with van der Waals surface area (Å²) in [5, 5.41) is 10.2. The zero-order valence-corrected chi connectivity index (χ0v) is 16.7. The summed E-state index contributed by atoms with van der Waals surface area (Å²) < 4.78 is 0. The van der Waals surface area contributed by atoms with Gasteiger partial charge in [-0.2, -0.15) is 11.3 Å². The van der Waals surface area contributed by atoms with Crippen LogP contribution < -0.4 is 10.6 Å². The molecule has 1 unspecified atom stereocenters. The van der Waals surface area contributed by atoms with Gasteiger partial charge >= 0.3 is 0 Å². The van der Waals surface area contributed by atoms with E-state index in [2.05, 4.69) is 22.5 Å². The van der Waals surface area contributed by atoms with Crippen LogP contribution in [0.1, 0.15) is 60.0 Å². The first-order valence-electron chi connectivity index (χ1n) is 9.24. The molecular weight excluding hydrogens is 366 g/mol. The maximum atomic E-state index is 12.1. The molecule has 2 aromatic rings. The smallest absolute Gasteiger partial charge is 0.252 e. The molecule has 1 atom stereocenters. The third-order valence-electron chi connectivity index (χ3n) is 4.63. The van der Waals surface area contributed by atoms with Crippen LogP contribution >= 0.6 is 22.7 Å². The van der Waals surface area contributed by atoms with Gasteiger partial charge in [0.25, 0.3) is 5.91 Å². The molecule has 26 heavy (non-hydrogen) atoms. The summed E-state index contributed by atoms with van der Waals surface area (Å²) >= 11 is 3.12. The van der Waals surface area contributed by atoms with E-state index < -0.39 is 0 Å². The lowest BCUT2D eigenvalue weighted by Gasteiger charge is -2.19. The molecule has 2 amide bonds. The first-order chi connectivity index (χ1) is 12.7. The van der Waals surface area contributed by atoms with E-state index in [0.29, 0.717) is 24.9 Å². The van der Waals surface area contributed by atoms with Crippen LogP contribution in [0.3, 0.4) is 0 Å². The Labute approximate surface area is 162 Å². The van der Waals surface area contributed by atoms with Crippen molar-refractivity contribution >= 4 is 39.6 Å². The predicted octanol–water partition coefficient (Wildman–Crippen LogP) is 4.26. The van der Waals surface area contributed by atoms with Crippen LogP contribution in [-0.4, -0.2) is 23.3 Å². The van der Waals surface area contributed by atoms with Crippen LogP contribution in [0, 0.1) is 5.92 Å². The number of rotatable bonds is 8. The number of hydrogen-bond acceptors (Lipinski definition) is 5. The highest BCUT2D eigenvalue weighted by Gasteiger charge is 2.22.